The van der Waals surface area contributed by atoms with Crippen LogP contribution >= 0.6 is 0 Å². The number of hydrogen-bond acceptors (Lipinski definition) is 2. The van der Waals surface area contributed by atoms with E-state index < -0.39 is 0 Å². The van der Waals surface area contributed by atoms with E-state index in [-0.39, 0.29) is 11.9 Å². The quantitative estimate of drug-likeness (QED) is 0.913. The van der Waals surface area contributed by atoms with Crippen LogP contribution in [-0.4, -0.2) is 13.0 Å². The molecule has 1 atom stereocenters. The van der Waals surface area contributed by atoms with E-state index >= 15 is 0 Å². The van der Waals surface area contributed by atoms with Gasteiger partial charge in [0, 0.05) is 0 Å². The Morgan fingerprint density at radius 2 is 1.86 bits per heavy atom. The molecule has 1 amide bonds. The topological polar surface area (TPSA) is 38.3 Å². The Kier molecular flexibility index (Phi) is 5.21. The molecule has 0 saturated heterocycles. The lowest BCUT2D eigenvalue weighted by Gasteiger charge is -2.17. The zero-order chi connectivity index (χ0) is 16.1. The Hall–Kier alpha value is -2.29. The number of aryl methyl sites for hydroxylation is 2. The van der Waals surface area contributed by atoms with Gasteiger partial charge in [-0.2, -0.15) is 0 Å². The molecule has 0 unspecified atom stereocenters. The lowest BCUT2D eigenvalue weighted by atomic mass is 10.0. The van der Waals surface area contributed by atoms with Gasteiger partial charge in [0.1, 0.15) is 5.75 Å². The molecule has 0 spiro atoms. The summed E-state index contributed by atoms with van der Waals surface area (Å²) in [5.41, 5.74) is 4.38. The zero-order valence-corrected chi connectivity index (χ0v) is 13.6. The van der Waals surface area contributed by atoms with Gasteiger partial charge in [0.2, 0.25) is 5.91 Å². The van der Waals surface area contributed by atoms with E-state index in [2.05, 4.69) is 24.4 Å². The van der Waals surface area contributed by atoms with Crippen LogP contribution in [0.4, 0.5) is 0 Å². The zero-order valence-electron chi connectivity index (χ0n) is 13.6. The summed E-state index contributed by atoms with van der Waals surface area (Å²) >= 11 is 0. The highest BCUT2D eigenvalue weighted by molar-refractivity contribution is 5.79. The van der Waals surface area contributed by atoms with Crippen LogP contribution in [0.25, 0.3) is 0 Å². The van der Waals surface area contributed by atoms with Gasteiger partial charge in [-0.1, -0.05) is 36.4 Å². The van der Waals surface area contributed by atoms with Crippen molar-refractivity contribution in [1.29, 1.82) is 0 Å². The second kappa shape index (κ2) is 7.12. The predicted octanol–water partition coefficient (Wildman–Crippen LogP) is 3.73. The molecular formula is C19H23NO2. The largest absolute Gasteiger partial charge is 0.496 e. The molecule has 0 aliphatic rings. The summed E-state index contributed by atoms with van der Waals surface area (Å²) in [5.74, 6) is 0.873. The van der Waals surface area contributed by atoms with Crippen LogP contribution in [0.3, 0.4) is 0 Å². The summed E-state index contributed by atoms with van der Waals surface area (Å²) in [6, 6.07) is 14.0. The van der Waals surface area contributed by atoms with Gasteiger partial charge in [-0.15, -0.1) is 0 Å². The minimum Gasteiger partial charge on any atom is -0.496 e. The maximum absolute atomic E-state index is 12.2. The minimum atomic E-state index is 0.00745. The molecule has 22 heavy (non-hydrogen) atoms. The van der Waals surface area contributed by atoms with Crippen LogP contribution in [0.2, 0.25) is 0 Å². The number of amides is 1. The summed E-state index contributed by atoms with van der Waals surface area (Å²) in [6.07, 6.45) is 0.376. The lowest BCUT2D eigenvalue weighted by molar-refractivity contribution is -0.121. The molecular weight excluding hydrogens is 274 g/mol. The highest BCUT2D eigenvalue weighted by atomic mass is 16.5. The van der Waals surface area contributed by atoms with Crippen molar-refractivity contribution >= 4 is 5.91 Å². The monoisotopic (exact) mass is 297 g/mol. The molecule has 0 aliphatic carbocycles. The minimum absolute atomic E-state index is 0.00745. The molecule has 0 aliphatic heterocycles. The molecule has 3 heteroatoms. The average molecular weight is 297 g/mol. The Morgan fingerprint density at radius 1 is 1.14 bits per heavy atom. The molecule has 0 radical (unpaired) electrons. The van der Waals surface area contributed by atoms with Crippen molar-refractivity contribution in [2.24, 2.45) is 0 Å². The van der Waals surface area contributed by atoms with E-state index in [4.69, 9.17) is 4.74 Å². The van der Waals surface area contributed by atoms with E-state index in [0.29, 0.717) is 6.42 Å². The number of rotatable bonds is 5. The Balaban J connectivity index is 2.01. The summed E-state index contributed by atoms with van der Waals surface area (Å²) in [7, 11) is 1.65. The number of carbonyl (C=O) groups is 1. The van der Waals surface area contributed by atoms with Crippen LogP contribution in [0.5, 0.6) is 5.75 Å². The standard InChI is InChI=1S/C19H23NO2/c1-13-7-5-6-8-17(13)15(3)20-19(21)12-16-9-10-18(22-4)14(2)11-16/h5-11,15H,12H2,1-4H3,(H,20,21)/t15-/m0/s1. The first kappa shape index (κ1) is 16.1. The SMILES string of the molecule is COc1ccc(CC(=O)N[C@@H](C)c2ccccc2C)cc1C. The fourth-order valence-electron chi connectivity index (χ4n) is 2.68. The Bertz CT molecular complexity index is 664. The van der Waals surface area contributed by atoms with Crippen molar-refractivity contribution in [2.45, 2.75) is 33.2 Å². The van der Waals surface area contributed by atoms with Crippen molar-refractivity contribution in [2.75, 3.05) is 7.11 Å². The first-order valence-electron chi connectivity index (χ1n) is 7.49. The molecule has 0 fully saturated rings. The Labute approximate surface area is 132 Å². The third-order valence-electron chi connectivity index (χ3n) is 3.86. The van der Waals surface area contributed by atoms with Gasteiger partial charge in [-0.25, -0.2) is 0 Å². The number of nitrogens with one attached hydrogen (secondary N) is 1. The van der Waals surface area contributed by atoms with Gasteiger partial charge in [0.25, 0.3) is 0 Å². The van der Waals surface area contributed by atoms with Crippen molar-refractivity contribution in [3.05, 3.63) is 64.7 Å². The van der Waals surface area contributed by atoms with E-state index in [0.717, 1.165) is 22.4 Å². The second-order valence-electron chi connectivity index (χ2n) is 5.63. The molecule has 0 aromatic heterocycles. The van der Waals surface area contributed by atoms with Crippen LogP contribution in [0, 0.1) is 13.8 Å². The fourth-order valence-corrected chi connectivity index (χ4v) is 2.68. The van der Waals surface area contributed by atoms with Gasteiger partial charge >= 0.3 is 0 Å². The van der Waals surface area contributed by atoms with Crippen LogP contribution in [-0.2, 0) is 11.2 Å². The highest BCUT2D eigenvalue weighted by Gasteiger charge is 2.12. The van der Waals surface area contributed by atoms with Gasteiger partial charge in [0.15, 0.2) is 0 Å². The van der Waals surface area contributed by atoms with Gasteiger partial charge < -0.3 is 10.1 Å². The van der Waals surface area contributed by atoms with Crippen molar-refractivity contribution in [1.82, 2.24) is 5.32 Å². The fraction of sp³-hybridized carbons (Fsp3) is 0.316. The smallest absolute Gasteiger partial charge is 0.224 e. The predicted molar refractivity (Wildman–Crippen MR) is 89.2 cm³/mol. The van der Waals surface area contributed by atoms with Crippen molar-refractivity contribution in [3.8, 4) is 5.75 Å². The summed E-state index contributed by atoms with van der Waals surface area (Å²) in [6.45, 7) is 6.06. The van der Waals surface area contributed by atoms with Crippen LogP contribution < -0.4 is 10.1 Å². The van der Waals surface area contributed by atoms with Crippen LogP contribution in [0.15, 0.2) is 42.5 Å². The molecule has 116 valence electrons. The molecule has 3 nitrogen and oxygen atoms in total. The van der Waals surface area contributed by atoms with E-state index in [1.807, 2.05) is 44.2 Å². The lowest BCUT2D eigenvalue weighted by Crippen LogP contribution is -2.28. The second-order valence-corrected chi connectivity index (χ2v) is 5.63. The molecule has 2 aromatic rings. The summed E-state index contributed by atoms with van der Waals surface area (Å²) in [5, 5.41) is 3.06. The van der Waals surface area contributed by atoms with E-state index in [1.54, 1.807) is 7.11 Å². The van der Waals surface area contributed by atoms with Crippen molar-refractivity contribution in [3.63, 3.8) is 0 Å². The molecule has 0 bridgehead atoms. The average Bonchev–Trinajstić information content (AvgIpc) is 2.47. The van der Waals surface area contributed by atoms with Gasteiger partial charge in [-0.05, 0) is 49.1 Å². The van der Waals surface area contributed by atoms with Gasteiger partial charge in [0.05, 0.1) is 19.6 Å². The molecule has 2 aromatic carbocycles. The van der Waals surface area contributed by atoms with E-state index in [1.165, 1.54) is 5.56 Å². The van der Waals surface area contributed by atoms with Crippen molar-refractivity contribution < 1.29 is 9.53 Å². The summed E-state index contributed by atoms with van der Waals surface area (Å²) in [4.78, 5) is 12.2. The van der Waals surface area contributed by atoms with Crippen LogP contribution in [0.1, 0.15) is 35.2 Å². The number of carbonyl (C=O) groups excluding carboxylic acids is 1. The molecule has 0 heterocycles. The highest BCUT2D eigenvalue weighted by Crippen LogP contribution is 2.20. The first-order valence-corrected chi connectivity index (χ1v) is 7.49. The molecule has 1 N–H and O–H groups in total. The van der Waals surface area contributed by atoms with Gasteiger partial charge in [-0.3, -0.25) is 4.79 Å². The maximum Gasteiger partial charge on any atom is 0.224 e. The summed E-state index contributed by atoms with van der Waals surface area (Å²) < 4.78 is 5.24. The van der Waals surface area contributed by atoms with E-state index in [9.17, 15) is 4.79 Å². The number of benzene rings is 2. The normalized spacial score (nSPS) is 11.8. The number of methoxy groups -OCH3 is 1. The first-order chi connectivity index (χ1) is 10.5. The Morgan fingerprint density at radius 3 is 2.50 bits per heavy atom. The third kappa shape index (κ3) is 3.88. The maximum atomic E-state index is 12.2. The molecule has 2 rings (SSSR count). The number of hydrogen-bond donors (Lipinski definition) is 1. The third-order valence-corrected chi connectivity index (χ3v) is 3.86. The number of ether oxygens (including phenoxy) is 1. The molecule has 0 saturated carbocycles.